The van der Waals surface area contributed by atoms with E-state index in [2.05, 4.69) is 21.3 Å². The van der Waals surface area contributed by atoms with Crippen molar-refractivity contribution in [2.24, 2.45) is 5.92 Å². The number of rotatable bonds is 5. The molecule has 8 nitrogen and oxygen atoms in total. The smallest absolute Gasteiger partial charge is 0.322 e. The van der Waals surface area contributed by atoms with Crippen LogP contribution in [0.1, 0.15) is 30.1 Å². The predicted molar refractivity (Wildman–Crippen MR) is 138 cm³/mol. The minimum atomic E-state index is -0.544. The maximum absolute atomic E-state index is 13.8. The molecule has 0 radical (unpaired) electrons. The van der Waals surface area contributed by atoms with Gasteiger partial charge in [0.25, 0.3) is 0 Å². The quantitative estimate of drug-likeness (QED) is 0.487. The highest BCUT2D eigenvalue weighted by atomic mass is 19.1. The maximum atomic E-state index is 13.8. The summed E-state index contributed by atoms with van der Waals surface area (Å²) in [6, 6.07) is 11.0. The molecule has 4 heterocycles. The van der Waals surface area contributed by atoms with E-state index in [1.807, 2.05) is 12.1 Å². The molecule has 1 atom stereocenters. The van der Waals surface area contributed by atoms with Gasteiger partial charge < -0.3 is 34.7 Å². The van der Waals surface area contributed by atoms with Crippen molar-refractivity contribution >= 4 is 22.6 Å². The van der Waals surface area contributed by atoms with Crippen molar-refractivity contribution in [1.29, 1.82) is 0 Å². The van der Waals surface area contributed by atoms with Gasteiger partial charge in [0.05, 0.1) is 19.8 Å². The largest absolute Gasteiger partial charge is 0.497 e. The van der Waals surface area contributed by atoms with E-state index >= 15 is 0 Å². The molecule has 3 aliphatic heterocycles. The van der Waals surface area contributed by atoms with Gasteiger partial charge in [0.15, 0.2) is 0 Å². The Morgan fingerprint density at radius 2 is 2.03 bits per heavy atom. The minimum absolute atomic E-state index is 0.227. The highest BCUT2D eigenvalue weighted by molar-refractivity contribution is 5.92. The van der Waals surface area contributed by atoms with Crippen LogP contribution in [0.5, 0.6) is 5.75 Å². The van der Waals surface area contributed by atoms with E-state index in [0.717, 1.165) is 68.0 Å². The molecule has 0 saturated carbocycles. The van der Waals surface area contributed by atoms with Gasteiger partial charge in [-0.2, -0.15) is 0 Å². The number of amides is 2. The van der Waals surface area contributed by atoms with Crippen molar-refractivity contribution in [2.75, 3.05) is 58.4 Å². The Hall–Kier alpha value is -3.14. The molecule has 0 bridgehead atoms. The number of ether oxygens (including phenoxy) is 2. The number of hydrogen-bond donors (Lipinski definition) is 3. The lowest BCUT2D eigenvalue weighted by Crippen LogP contribution is -2.67. The van der Waals surface area contributed by atoms with E-state index in [4.69, 9.17) is 9.47 Å². The molecule has 196 valence electrons. The van der Waals surface area contributed by atoms with Gasteiger partial charge in [0, 0.05) is 73.2 Å². The number of aliphatic hydroxyl groups excluding tert-OH is 1. The summed E-state index contributed by atoms with van der Waals surface area (Å²) in [5.74, 6) is 0.955. The van der Waals surface area contributed by atoms with E-state index in [1.165, 1.54) is 17.7 Å². The first-order valence-corrected chi connectivity index (χ1v) is 12.9. The van der Waals surface area contributed by atoms with Crippen LogP contribution in [0.2, 0.25) is 0 Å². The molecule has 3 aromatic rings. The highest BCUT2D eigenvalue weighted by Gasteiger charge is 2.54. The van der Waals surface area contributed by atoms with Gasteiger partial charge in [-0.25, -0.2) is 9.18 Å². The number of fused-ring (bicyclic) bond motifs is 4. The number of anilines is 1. The molecule has 6 rings (SSSR count). The van der Waals surface area contributed by atoms with Crippen molar-refractivity contribution in [1.82, 2.24) is 14.8 Å². The fraction of sp³-hybridized carbons (Fsp3) is 0.464. The summed E-state index contributed by atoms with van der Waals surface area (Å²) in [5, 5.41) is 14.4. The fourth-order valence-electron chi connectivity index (χ4n) is 6.47. The zero-order valence-corrected chi connectivity index (χ0v) is 21.0. The van der Waals surface area contributed by atoms with Crippen molar-refractivity contribution in [3.05, 3.63) is 59.5 Å². The Morgan fingerprint density at radius 3 is 2.76 bits per heavy atom. The first-order chi connectivity index (χ1) is 18.0. The fourth-order valence-corrected chi connectivity index (χ4v) is 6.47. The van der Waals surface area contributed by atoms with Gasteiger partial charge in [-0.1, -0.05) is 6.07 Å². The molecular formula is C28H33FN4O4. The Morgan fingerprint density at radius 1 is 1.22 bits per heavy atom. The number of hydrogen-bond acceptors (Lipinski definition) is 5. The molecule has 1 aromatic heterocycles. The molecule has 2 fully saturated rings. The normalized spacial score (nSPS) is 21.6. The summed E-state index contributed by atoms with van der Waals surface area (Å²) in [4.78, 5) is 21.2. The number of aromatic amines is 1. The van der Waals surface area contributed by atoms with E-state index in [1.54, 1.807) is 24.1 Å². The molecular weight excluding hydrogens is 475 g/mol. The number of H-pyrrole nitrogens is 1. The molecule has 2 saturated heterocycles. The van der Waals surface area contributed by atoms with Gasteiger partial charge in [-0.3, -0.25) is 0 Å². The number of nitrogens with zero attached hydrogens (tertiary/aromatic N) is 2. The van der Waals surface area contributed by atoms with Crippen LogP contribution in [-0.4, -0.2) is 79.0 Å². The second-order valence-electron chi connectivity index (χ2n) is 10.6. The van der Waals surface area contributed by atoms with Crippen LogP contribution in [0.3, 0.4) is 0 Å². The third-order valence-electron chi connectivity index (χ3n) is 8.17. The average molecular weight is 509 g/mol. The summed E-state index contributed by atoms with van der Waals surface area (Å²) in [6.07, 6.45) is 2.16. The lowest BCUT2D eigenvalue weighted by molar-refractivity contribution is -0.0119. The second-order valence-corrected chi connectivity index (χ2v) is 10.6. The molecule has 2 amide bonds. The molecule has 0 unspecified atom stereocenters. The van der Waals surface area contributed by atoms with Crippen molar-refractivity contribution < 1.29 is 23.8 Å². The summed E-state index contributed by atoms with van der Waals surface area (Å²) in [7, 11) is 1.64. The van der Waals surface area contributed by atoms with Crippen LogP contribution >= 0.6 is 0 Å². The Labute approximate surface area is 215 Å². The summed E-state index contributed by atoms with van der Waals surface area (Å²) in [6.45, 7) is 4.58. The van der Waals surface area contributed by atoms with Crippen molar-refractivity contribution in [2.45, 2.75) is 24.3 Å². The number of carbonyl (C=O) groups is 1. The van der Waals surface area contributed by atoms with Gasteiger partial charge >= 0.3 is 6.03 Å². The molecule has 1 spiro atoms. The molecule has 37 heavy (non-hydrogen) atoms. The van der Waals surface area contributed by atoms with Crippen molar-refractivity contribution in [3.63, 3.8) is 0 Å². The first kappa shape index (κ1) is 24.2. The Balaban J connectivity index is 1.34. The number of carbonyl (C=O) groups excluding carboxylic acids is 1. The van der Waals surface area contributed by atoms with Gasteiger partial charge in [-0.05, 0) is 54.7 Å². The molecule has 0 aliphatic carbocycles. The number of benzene rings is 2. The number of methoxy groups -OCH3 is 1. The minimum Gasteiger partial charge on any atom is -0.497 e. The van der Waals surface area contributed by atoms with Crippen LogP contribution < -0.4 is 10.1 Å². The van der Waals surface area contributed by atoms with Crippen LogP contribution in [-0.2, 0) is 10.2 Å². The number of aliphatic hydroxyl groups is 1. The van der Waals surface area contributed by atoms with Crippen LogP contribution in [0, 0.1) is 11.7 Å². The Kier molecular flexibility index (Phi) is 6.30. The molecule has 3 aliphatic rings. The van der Waals surface area contributed by atoms with Crippen LogP contribution in [0.25, 0.3) is 10.9 Å². The van der Waals surface area contributed by atoms with Gasteiger partial charge in [0.1, 0.15) is 11.6 Å². The standard InChI is InChI=1S/C28H33FN4O4/c1-36-21-5-6-22-23(12-21)31-26-24(14-34)33(27(35)30-20-4-2-3-19(29)11-20)17-28(25(22)26)15-32(16-28)13-18-7-9-37-10-8-18/h2-6,11-12,18,24,31,34H,7-10,13-17H2,1H3,(H,30,35)/t24-/m1/s1. The van der Waals surface area contributed by atoms with Crippen LogP contribution in [0.4, 0.5) is 14.9 Å². The summed E-state index contributed by atoms with van der Waals surface area (Å²) in [5.41, 5.74) is 3.09. The van der Waals surface area contributed by atoms with E-state index < -0.39 is 11.9 Å². The lowest BCUT2D eigenvalue weighted by atomic mass is 9.68. The molecule has 3 N–H and O–H groups in total. The third-order valence-corrected chi connectivity index (χ3v) is 8.17. The number of urea groups is 1. The Bertz CT molecular complexity index is 1300. The number of likely N-dealkylation sites (tertiary alicyclic amines) is 1. The highest BCUT2D eigenvalue weighted by Crippen LogP contribution is 2.49. The average Bonchev–Trinajstić information content (AvgIpc) is 3.27. The topological polar surface area (TPSA) is 90.1 Å². The lowest BCUT2D eigenvalue weighted by Gasteiger charge is -2.56. The zero-order valence-electron chi connectivity index (χ0n) is 21.0. The van der Waals surface area contributed by atoms with Crippen molar-refractivity contribution in [3.8, 4) is 5.75 Å². The van der Waals surface area contributed by atoms with E-state index in [9.17, 15) is 14.3 Å². The van der Waals surface area contributed by atoms with E-state index in [0.29, 0.717) is 18.2 Å². The van der Waals surface area contributed by atoms with Gasteiger partial charge in [-0.15, -0.1) is 0 Å². The van der Waals surface area contributed by atoms with Crippen LogP contribution in [0.15, 0.2) is 42.5 Å². The SMILES string of the molecule is COc1ccc2c3c([nH]c2c1)[C@@H](CO)N(C(=O)Nc1cccc(F)c1)CC31CN(CC2CCOCC2)C1. The summed E-state index contributed by atoms with van der Waals surface area (Å²) >= 11 is 0. The summed E-state index contributed by atoms with van der Waals surface area (Å²) < 4.78 is 24.7. The zero-order chi connectivity index (χ0) is 25.6. The molecule has 2 aromatic carbocycles. The molecule has 9 heteroatoms. The number of nitrogens with one attached hydrogen (secondary N) is 2. The first-order valence-electron chi connectivity index (χ1n) is 12.9. The monoisotopic (exact) mass is 508 g/mol. The number of halogens is 1. The third kappa shape index (κ3) is 4.35. The van der Waals surface area contributed by atoms with Gasteiger partial charge in [0.2, 0.25) is 0 Å². The number of aromatic nitrogens is 1. The maximum Gasteiger partial charge on any atom is 0.322 e. The predicted octanol–water partition coefficient (Wildman–Crippen LogP) is 3.88. The van der Waals surface area contributed by atoms with E-state index in [-0.39, 0.29) is 18.1 Å². The second kappa shape index (κ2) is 9.63.